The van der Waals surface area contributed by atoms with Gasteiger partial charge in [0.05, 0.1) is 7.11 Å². The lowest BCUT2D eigenvalue weighted by atomic mass is 9.77. The van der Waals surface area contributed by atoms with Crippen LogP contribution in [0.5, 0.6) is 5.75 Å². The fourth-order valence-electron chi connectivity index (χ4n) is 4.40. The second-order valence-electron chi connectivity index (χ2n) is 8.08. The molecule has 2 saturated heterocycles. The molecule has 0 bridgehead atoms. The summed E-state index contributed by atoms with van der Waals surface area (Å²) in [6.45, 7) is 2.51. The maximum Gasteiger partial charge on any atom is 0.253 e. The number of rotatable bonds is 4. The van der Waals surface area contributed by atoms with Crippen LogP contribution in [0.1, 0.15) is 35.2 Å². The molecule has 6 heteroatoms. The molecular formula is C23H25FN2O3. The van der Waals surface area contributed by atoms with Crippen molar-refractivity contribution in [2.24, 2.45) is 5.41 Å². The van der Waals surface area contributed by atoms with E-state index in [0.717, 1.165) is 30.7 Å². The molecule has 0 unspecified atom stereocenters. The second kappa shape index (κ2) is 7.85. The highest BCUT2D eigenvalue weighted by Gasteiger charge is 2.45. The average molecular weight is 396 g/mol. The second-order valence-corrected chi connectivity index (χ2v) is 8.08. The molecule has 0 aromatic heterocycles. The summed E-state index contributed by atoms with van der Waals surface area (Å²) >= 11 is 0. The molecule has 0 radical (unpaired) electrons. The van der Waals surface area contributed by atoms with E-state index in [9.17, 15) is 14.0 Å². The zero-order valence-electron chi connectivity index (χ0n) is 16.6. The monoisotopic (exact) mass is 396 g/mol. The number of hydrogen-bond donors (Lipinski definition) is 0. The number of nitrogens with zero attached hydrogens (tertiary/aromatic N) is 2. The van der Waals surface area contributed by atoms with Gasteiger partial charge in [-0.1, -0.05) is 18.2 Å². The summed E-state index contributed by atoms with van der Waals surface area (Å²) in [5.41, 5.74) is 1.39. The van der Waals surface area contributed by atoms with Crippen LogP contribution < -0.4 is 4.74 Å². The van der Waals surface area contributed by atoms with Crippen molar-refractivity contribution in [3.63, 3.8) is 0 Å². The fourth-order valence-corrected chi connectivity index (χ4v) is 4.40. The summed E-state index contributed by atoms with van der Waals surface area (Å²) in [5, 5.41) is 0. The van der Waals surface area contributed by atoms with Gasteiger partial charge >= 0.3 is 0 Å². The van der Waals surface area contributed by atoms with Crippen LogP contribution in [0.25, 0.3) is 0 Å². The Kier molecular flexibility index (Phi) is 5.26. The van der Waals surface area contributed by atoms with Gasteiger partial charge in [-0.15, -0.1) is 0 Å². The van der Waals surface area contributed by atoms with Crippen LogP contribution in [0.4, 0.5) is 4.39 Å². The smallest absolute Gasteiger partial charge is 0.253 e. The molecule has 4 rings (SSSR count). The summed E-state index contributed by atoms with van der Waals surface area (Å²) < 4.78 is 18.6. The standard InChI is InChI=1S/C23H25FN2O3/c1-29-20-7-5-17(6-8-20)15-26-16-23(14-21(26)27)9-11-25(12-10-23)22(28)18-3-2-4-19(24)13-18/h2-8,13H,9-12,14-16H2,1H3. The number of halogens is 1. The Morgan fingerprint density at radius 3 is 2.52 bits per heavy atom. The van der Waals surface area contributed by atoms with E-state index in [1.165, 1.54) is 12.1 Å². The van der Waals surface area contributed by atoms with Crippen LogP contribution in [-0.2, 0) is 11.3 Å². The molecule has 2 amide bonds. The van der Waals surface area contributed by atoms with E-state index in [2.05, 4.69) is 0 Å². The molecule has 2 aliphatic rings. The molecule has 0 aliphatic carbocycles. The number of piperidine rings is 1. The summed E-state index contributed by atoms with van der Waals surface area (Å²) in [4.78, 5) is 29.0. The number of amides is 2. The largest absolute Gasteiger partial charge is 0.497 e. The van der Waals surface area contributed by atoms with Crippen LogP contribution in [0, 0.1) is 11.2 Å². The van der Waals surface area contributed by atoms with Gasteiger partial charge in [0.15, 0.2) is 0 Å². The van der Waals surface area contributed by atoms with Crippen molar-refractivity contribution >= 4 is 11.8 Å². The Labute approximate surface area is 170 Å². The van der Waals surface area contributed by atoms with Crippen molar-refractivity contribution in [2.45, 2.75) is 25.8 Å². The zero-order chi connectivity index (χ0) is 20.4. The summed E-state index contributed by atoms with van der Waals surface area (Å²) in [5.74, 6) is 0.428. The third-order valence-electron chi connectivity index (χ3n) is 6.12. The minimum absolute atomic E-state index is 0.0672. The van der Waals surface area contributed by atoms with E-state index >= 15 is 0 Å². The first-order chi connectivity index (χ1) is 14.0. The van der Waals surface area contributed by atoms with Crippen LogP contribution in [0.2, 0.25) is 0 Å². The maximum atomic E-state index is 13.4. The summed E-state index contributed by atoms with van der Waals surface area (Å²) in [6.07, 6.45) is 2.11. The molecule has 2 aromatic rings. The van der Waals surface area contributed by atoms with Crippen molar-refractivity contribution in [1.29, 1.82) is 0 Å². The Balaban J connectivity index is 1.37. The van der Waals surface area contributed by atoms with Crippen molar-refractivity contribution in [3.8, 4) is 5.75 Å². The van der Waals surface area contributed by atoms with E-state index in [0.29, 0.717) is 31.6 Å². The zero-order valence-corrected chi connectivity index (χ0v) is 16.6. The minimum atomic E-state index is -0.403. The van der Waals surface area contributed by atoms with Crippen LogP contribution in [-0.4, -0.2) is 48.4 Å². The molecule has 2 aromatic carbocycles. The van der Waals surface area contributed by atoms with Crippen LogP contribution in [0.3, 0.4) is 0 Å². The van der Waals surface area contributed by atoms with Gasteiger partial charge in [0.25, 0.3) is 5.91 Å². The predicted molar refractivity (Wildman–Crippen MR) is 107 cm³/mol. The van der Waals surface area contributed by atoms with Gasteiger partial charge in [-0.2, -0.15) is 0 Å². The molecular weight excluding hydrogens is 371 g/mol. The molecule has 152 valence electrons. The third-order valence-corrected chi connectivity index (χ3v) is 6.12. The number of methoxy groups -OCH3 is 1. The van der Waals surface area contributed by atoms with E-state index in [4.69, 9.17) is 4.74 Å². The van der Waals surface area contributed by atoms with Gasteiger partial charge in [-0.3, -0.25) is 9.59 Å². The summed E-state index contributed by atoms with van der Waals surface area (Å²) in [7, 11) is 1.63. The topological polar surface area (TPSA) is 49.9 Å². The molecule has 0 N–H and O–H groups in total. The highest BCUT2D eigenvalue weighted by Crippen LogP contribution is 2.41. The highest BCUT2D eigenvalue weighted by molar-refractivity contribution is 5.94. The number of carbonyl (C=O) groups is 2. The molecule has 0 atom stereocenters. The predicted octanol–water partition coefficient (Wildman–Crippen LogP) is 3.49. The van der Waals surface area contributed by atoms with Crippen LogP contribution in [0.15, 0.2) is 48.5 Å². The van der Waals surface area contributed by atoms with Crippen molar-refractivity contribution in [1.82, 2.24) is 9.80 Å². The van der Waals surface area contributed by atoms with Gasteiger partial charge in [0, 0.05) is 43.6 Å². The maximum absolute atomic E-state index is 13.4. The first kappa shape index (κ1) is 19.4. The summed E-state index contributed by atoms with van der Waals surface area (Å²) in [6, 6.07) is 13.6. The average Bonchev–Trinajstić information content (AvgIpc) is 3.03. The first-order valence-electron chi connectivity index (χ1n) is 9.94. The van der Waals surface area contributed by atoms with Crippen molar-refractivity contribution in [3.05, 3.63) is 65.5 Å². The number of benzene rings is 2. The molecule has 2 aliphatic heterocycles. The van der Waals surface area contributed by atoms with Gasteiger partial charge in [-0.25, -0.2) is 4.39 Å². The highest BCUT2D eigenvalue weighted by atomic mass is 19.1. The lowest BCUT2D eigenvalue weighted by Crippen LogP contribution is -2.44. The number of hydrogen-bond acceptors (Lipinski definition) is 3. The lowest BCUT2D eigenvalue weighted by molar-refractivity contribution is -0.128. The van der Waals surface area contributed by atoms with Crippen molar-refractivity contribution in [2.75, 3.05) is 26.7 Å². The molecule has 2 heterocycles. The van der Waals surface area contributed by atoms with E-state index in [1.54, 1.807) is 24.1 Å². The van der Waals surface area contributed by atoms with Gasteiger partial charge in [0.1, 0.15) is 11.6 Å². The first-order valence-corrected chi connectivity index (χ1v) is 9.94. The fraction of sp³-hybridized carbons (Fsp3) is 0.391. The van der Waals surface area contributed by atoms with Crippen LogP contribution >= 0.6 is 0 Å². The number of likely N-dealkylation sites (tertiary alicyclic amines) is 2. The van der Waals surface area contributed by atoms with Gasteiger partial charge < -0.3 is 14.5 Å². The SMILES string of the molecule is COc1ccc(CN2CC3(CCN(C(=O)c4cccc(F)c4)CC3)CC2=O)cc1. The van der Waals surface area contributed by atoms with Gasteiger partial charge in [-0.05, 0) is 48.7 Å². The normalized spacial score (nSPS) is 18.3. The molecule has 0 saturated carbocycles. The molecule has 1 spiro atoms. The number of carbonyl (C=O) groups excluding carboxylic acids is 2. The van der Waals surface area contributed by atoms with Gasteiger partial charge in [0.2, 0.25) is 5.91 Å². The molecule has 2 fully saturated rings. The van der Waals surface area contributed by atoms with E-state index in [-0.39, 0.29) is 17.2 Å². The van der Waals surface area contributed by atoms with Crippen molar-refractivity contribution < 1.29 is 18.7 Å². The minimum Gasteiger partial charge on any atom is -0.497 e. The molecule has 5 nitrogen and oxygen atoms in total. The number of ether oxygens (including phenoxy) is 1. The molecule has 29 heavy (non-hydrogen) atoms. The quantitative estimate of drug-likeness (QED) is 0.795. The Bertz CT molecular complexity index is 905. The Hall–Kier alpha value is -2.89. The lowest BCUT2D eigenvalue weighted by Gasteiger charge is -2.38. The third kappa shape index (κ3) is 4.11. The Morgan fingerprint density at radius 1 is 1.14 bits per heavy atom. The Morgan fingerprint density at radius 2 is 1.86 bits per heavy atom. The van der Waals surface area contributed by atoms with E-state index in [1.807, 2.05) is 29.2 Å². The van der Waals surface area contributed by atoms with E-state index < -0.39 is 5.82 Å².